The smallest absolute Gasteiger partial charge is 0.414 e. The zero-order valence-corrected chi connectivity index (χ0v) is 28.3. The SMILES string of the molecule is CC(C)(C)OC(=O)N1CCC(C)(OC(=O)N[C@@H](CC2CCCCC2)C(=O)N[C@@H](C[C@@H]2CCNC2=O)C(O)S(=O)(=O)O)c2ccccc21. The molecule has 1 saturated carbocycles. The summed E-state index contributed by atoms with van der Waals surface area (Å²) in [6, 6.07) is 4.34. The van der Waals surface area contributed by atoms with Crippen LogP contribution < -0.4 is 20.9 Å². The normalized spacial score (nSPS) is 23.9. The molecule has 2 aliphatic heterocycles. The van der Waals surface area contributed by atoms with Crippen LogP contribution in [0.2, 0.25) is 0 Å². The molecule has 3 aliphatic rings. The number of benzene rings is 1. The number of nitrogens with zero attached hydrogens (tertiary/aromatic N) is 1. The molecule has 262 valence electrons. The summed E-state index contributed by atoms with van der Waals surface area (Å²) < 4.78 is 45.0. The fraction of sp³-hybridized carbons (Fsp3) is 0.688. The summed E-state index contributed by atoms with van der Waals surface area (Å²) >= 11 is 0. The lowest BCUT2D eigenvalue weighted by Gasteiger charge is -2.40. The molecule has 5 N–H and O–H groups in total. The molecule has 2 heterocycles. The van der Waals surface area contributed by atoms with E-state index in [1.165, 1.54) is 4.90 Å². The maximum atomic E-state index is 13.7. The van der Waals surface area contributed by atoms with Crippen LogP contribution in [0.4, 0.5) is 15.3 Å². The first-order valence-electron chi connectivity index (χ1n) is 16.3. The van der Waals surface area contributed by atoms with Gasteiger partial charge in [-0.25, -0.2) is 9.59 Å². The van der Waals surface area contributed by atoms with Crippen molar-refractivity contribution in [2.45, 2.75) is 114 Å². The second-order valence-electron chi connectivity index (χ2n) is 14.0. The summed E-state index contributed by atoms with van der Waals surface area (Å²) in [4.78, 5) is 54.0. The second kappa shape index (κ2) is 14.8. The number of rotatable bonds is 10. The van der Waals surface area contributed by atoms with Crippen molar-refractivity contribution in [2.24, 2.45) is 11.8 Å². The Morgan fingerprint density at radius 1 is 1.09 bits per heavy atom. The number of carbonyl (C=O) groups excluding carboxylic acids is 4. The van der Waals surface area contributed by atoms with Crippen molar-refractivity contribution in [3.8, 4) is 0 Å². The number of aliphatic hydroxyl groups is 1. The summed E-state index contributed by atoms with van der Waals surface area (Å²) in [6.07, 6.45) is 3.85. The van der Waals surface area contributed by atoms with E-state index >= 15 is 0 Å². The van der Waals surface area contributed by atoms with Crippen LogP contribution in [0.15, 0.2) is 24.3 Å². The van der Waals surface area contributed by atoms with Crippen molar-refractivity contribution in [3.63, 3.8) is 0 Å². The summed E-state index contributed by atoms with van der Waals surface area (Å²) in [5.41, 5.74) is -3.17. The molecule has 0 aromatic heterocycles. The molecule has 2 fully saturated rings. The molecule has 15 heteroatoms. The zero-order chi connectivity index (χ0) is 34.6. The highest BCUT2D eigenvalue weighted by Gasteiger charge is 2.43. The van der Waals surface area contributed by atoms with E-state index in [-0.39, 0.29) is 37.6 Å². The molecule has 1 aromatic rings. The Kier molecular flexibility index (Phi) is 11.4. The Balaban J connectivity index is 1.53. The number of anilines is 1. The number of fused-ring (bicyclic) bond motifs is 1. The van der Waals surface area contributed by atoms with E-state index in [9.17, 15) is 37.3 Å². The highest BCUT2D eigenvalue weighted by Crippen LogP contribution is 2.41. The molecule has 1 aromatic carbocycles. The van der Waals surface area contributed by atoms with Crippen molar-refractivity contribution in [3.05, 3.63) is 29.8 Å². The fourth-order valence-corrected chi connectivity index (χ4v) is 7.22. The Morgan fingerprint density at radius 2 is 1.77 bits per heavy atom. The first kappa shape index (κ1) is 36.4. The number of nitrogens with one attached hydrogen (secondary N) is 3. The molecule has 4 amide bonds. The third kappa shape index (κ3) is 9.57. The summed E-state index contributed by atoms with van der Waals surface area (Å²) in [5.74, 6) is -1.71. The van der Waals surface area contributed by atoms with Gasteiger partial charge in [0.25, 0.3) is 10.1 Å². The van der Waals surface area contributed by atoms with Gasteiger partial charge in [-0.1, -0.05) is 50.3 Å². The van der Waals surface area contributed by atoms with E-state index in [0.717, 1.165) is 32.1 Å². The number of hydrogen-bond donors (Lipinski definition) is 5. The van der Waals surface area contributed by atoms with Gasteiger partial charge in [0, 0.05) is 31.0 Å². The average molecular weight is 681 g/mol. The summed E-state index contributed by atoms with van der Waals surface area (Å²) in [5, 5.41) is 18.2. The van der Waals surface area contributed by atoms with Gasteiger partial charge in [-0.3, -0.25) is 19.0 Å². The van der Waals surface area contributed by atoms with Crippen LogP contribution in [-0.4, -0.2) is 78.3 Å². The molecule has 1 saturated heterocycles. The lowest BCUT2D eigenvalue weighted by Crippen LogP contribution is -2.55. The van der Waals surface area contributed by atoms with Gasteiger partial charge in [-0.2, -0.15) is 8.42 Å². The van der Waals surface area contributed by atoms with Crippen molar-refractivity contribution >= 4 is 39.8 Å². The Morgan fingerprint density at radius 3 is 2.38 bits per heavy atom. The Labute approximate surface area is 276 Å². The van der Waals surface area contributed by atoms with Crippen molar-refractivity contribution in [1.29, 1.82) is 0 Å². The number of ether oxygens (including phenoxy) is 2. The van der Waals surface area contributed by atoms with Gasteiger partial charge in [-0.05, 0) is 58.9 Å². The number of alkyl carbamates (subject to hydrolysis) is 1. The zero-order valence-electron chi connectivity index (χ0n) is 27.5. The molecule has 1 aliphatic carbocycles. The van der Waals surface area contributed by atoms with Crippen LogP contribution in [0.25, 0.3) is 0 Å². The Bertz CT molecular complexity index is 1420. The Hall–Kier alpha value is -3.43. The van der Waals surface area contributed by atoms with Gasteiger partial charge < -0.3 is 30.5 Å². The highest BCUT2D eigenvalue weighted by atomic mass is 32.2. The molecule has 0 bridgehead atoms. The average Bonchev–Trinajstić information content (AvgIpc) is 3.39. The van der Waals surface area contributed by atoms with E-state index in [4.69, 9.17) is 9.47 Å². The van der Waals surface area contributed by atoms with Crippen LogP contribution in [0.5, 0.6) is 0 Å². The minimum Gasteiger partial charge on any atom is -0.443 e. The van der Waals surface area contributed by atoms with Crippen LogP contribution in [0, 0.1) is 11.8 Å². The lowest BCUT2D eigenvalue weighted by molar-refractivity contribution is -0.126. The molecule has 0 radical (unpaired) electrons. The van der Waals surface area contributed by atoms with Gasteiger partial charge in [-0.15, -0.1) is 0 Å². The van der Waals surface area contributed by atoms with Gasteiger partial charge in [0.1, 0.15) is 17.2 Å². The van der Waals surface area contributed by atoms with Crippen molar-refractivity contribution < 1.29 is 46.7 Å². The first-order valence-corrected chi connectivity index (χ1v) is 17.8. The van der Waals surface area contributed by atoms with Gasteiger partial charge in [0.05, 0.1) is 11.7 Å². The van der Waals surface area contributed by atoms with Crippen molar-refractivity contribution in [1.82, 2.24) is 16.0 Å². The molecular formula is C32H48N4O10S. The standard InChI is InChI=1S/C32H48N4O10S/c1-31(2,3)46-30(41)36-17-15-32(4,22-12-8-9-13-25(22)36)45-29(40)35-23(18-20-10-6-5-7-11-20)27(38)34-24(28(39)47(42,43)44)19-21-14-16-33-26(21)37/h8-9,12-13,20-21,23-24,28,39H,5-7,10-11,14-19H2,1-4H3,(H,33,37)(H,34,38)(H,35,40)(H,42,43,44)/t21-,23-,24-,28?,32?/m0/s1. The van der Waals surface area contributed by atoms with E-state index in [2.05, 4.69) is 16.0 Å². The van der Waals surface area contributed by atoms with E-state index in [1.807, 2.05) is 0 Å². The summed E-state index contributed by atoms with van der Waals surface area (Å²) in [7, 11) is -5.00. The van der Waals surface area contributed by atoms with Gasteiger partial charge in [0.15, 0.2) is 0 Å². The minimum atomic E-state index is -5.00. The lowest BCUT2D eigenvalue weighted by atomic mass is 9.84. The van der Waals surface area contributed by atoms with E-state index < -0.39 is 62.9 Å². The van der Waals surface area contributed by atoms with E-state index in [1.54, 1.807) is 52.0 Å². The van der Waals surface area contributed by atoms with Gasteiger partial charge in [0.2, 0.25) is 17.3 Å². The largest absolute Gasteiger partial charge is 0.443 e. The fourth-order valence-electron chi connectivity index (χ4n) is 6.63. The van der Waals surface area contributed by atoms with Crippen LogP contribution >= 0.6 is 0 Å². The molecule has 4 rings (SSSR count). The maximum Gasteiger partial charge on any atom is 0.414 e. The van der Waals surface area contributed by atoms with E-state index in [0.29, 0.717) is 24.2 Å². The topological polar surface area (TPSA) is 201 Å². The third-order valence-corrected chi connectivity index (χ3v) is 10.0. The third-order valence-electron chi connectivity index (χ3n) is 9.09. The number of amides is 4. The summed E-state index contributed by atoms with van der Waals surface area (Å²) in [6.45, 7) is 7.60. The predicted molar refractivity (Wildman–Crippen MR) is 172 cm³/mol. The number of hydrogen-bond acceptors (Lipinski definition) is 9. The highest BCUT2D eigenvalue weighted by molar-refractivity contribution is 7.86. The first-order chi connectivity index (χ1) is 22.0. The number of carbonyl (C=O) groups is 4. The molecule has 47 heavy (non-hydrogen) atoms. The molecule has 2 unspecified atom stereocenters. The molecular weight excluding hydrogens is 632 g/mol. The predicted octanol–water partition coefficient (Wildman–Crippen LogP) is 3.33. The van der Waals surface area contributed by atoms with Crippen LogP contribution in [-0.2, 0) is 34.8 Å². The maximum absolute atomic E-state index is 13.7. The molecule has 14 nitrogen and oxygen atoms in total. The molecule has 5 atom stereocenters. The number of para-hydroxylation sites is 1. The van der Waals surface area contributed by atoms with Crippen LogP contribution in [0.1, 0.15) is 91.0 Å². The van der Waals surface area contributed by atoms with Crippen LogP contribution in [0.3, 0.4) is 0 Å². The van der Waals surface area contributed by atoms with Gasteiger partial charge >= 0.3 is 12.2 Å². The monoisotopic (exact) mass is 680 g/mol. The second-order valence-corrected chi connectivity index (χ2v) is 15.5. The number of aliphatic hydroxyl groups excluding tert-OH is 1. The molecule has 0 spiro atoms. The quantitative estimate of drug-likeness (QED) is 0.228. The minimum absolute atomic E-state index is 0.0961. The van der Waals surface area contributed by atoms with Crippen molar-refractivity contribution in [2.75, 3.05) is 18.0 Å².